The van der Waals surface area contributed by atoms with E-state index in [0.29, 0.717) is 16.9 Å². The highest BCUT2D eigenvalue weighted by molar-refractivity contribution is 6.35. The summed E-state index contributed by atoms with van der Waals surface area (Å²) in [6, 6.07) is 32.9. The summed E-state index contributed by atoms with van der Waals surface area (Å²) in [5.41, 5.74) is 1.22. The van der Waals surface area contributed by atoms with E-state index >= 15 is 0 Å². The molecule has 5 aromatic carbocycles. The highest BCUT2D eigenvalue weighted by atomic mass is 16.6. The van der Waals surface area contributed by atoms with E-state index in [1.54, 1.807) is 4.90 Å². The molecule has 3 amide bonds. The van der Waals surface area contributed by atoms with E-state index < -0.39 is 22.4 Å². The van der Waals surface area contributed by atoms with E-state index in [1.807, 2.05) is 72.8 Å². The van der Waals surface area contributed by atoms with E-state index in [9.17, 15) is 24.5 Å². The second-order valence-electron chi connectivity index (χ2n) is 8.96. The molecule has 188 valence electrons. The minimum Gasteiger partial charge on any atom is -0.277 e. The number of hydrogen-bond acceptors (Lipinski definition) is 5. The normalized spacial score (nSPS) is 12.5. The fourth-order valence-electron chi connectivity index (χ4n) is 4.81. The van der Waals surface area contributed by atoms with Crippen LogP contribution in [0.4, 0.5) is 22.7 Å². The Bertz CT molecular complexity index is 1800. The third-order valence-corrected chi connectivity index (χ3v) is 6.67. The lowest BCUT2D eigenvalue weighted by Crippen LogP contribution is -2.30. The number of carbonyl (C=O) groups excluding carboxylic acids is 3. The Morgan fingerprint density at radius 1 is 0.692 bits per heavy atom. The predicted octanol–water partition coefficient (Wildman–Crippen LogP) is 6.53. The molecule has 8 nitrogen and oxygen atoms in total. The Morgan fingerprint density at radius 2 is 1.38 bits per heavy atom. The Morgan fingerprint density at radius 3 is 2.10 bits per heavy atom. The smallest absolute Gasteiger partial charge is 0.277 e. The van der Waals surface area contributed by atoms with Crippen molar-refractivity contribution >= 4 is 51.2 Å². The molecule has 1 heterocycles. The van der Waals surface area contributed by atoms with E-state index in [4.69, 9.17) is 0 Å². The summed E-state index contributed by atoms with van der Waals surface area (Å²) in [4.78, 5) is 53.1. The summed E-state index contributed by atoms with van der Waals surface area (Å²) < 4.78 is 0. The quantitative estimate of drug-likeness (QED) is 0.151. The number of fused-ring (bicyclic) bond motifs is 2. The number of carbonyl (C=O) groups is 3. The maximum Gasteiger partial charge on any atom is 0.283 e. The first-order valence-corrected chi connectivity index (χ1v) is 12.1. The molecular formula is C31H19N3O5. The van der Waals surface area contributed by atoms with Crippen LogP contribution in [0, 0.1) is 10.1 Å². The van der Waals surface area contributed by atoms with Gasteiger partial charge in [-0.15, -0.1) is 0 Å². The average molecular weight is 514 g/mol. The molecule has 5 aromatic rings. The minimum absolute atomic E-state index is 0.0269. The molecule has 1 aliphatic rings. The topological polar surface area (TPSA) is 101 Å². The standard InChI is InChI=1S/C31H19N3O5/c35-29(32(23-9-2-1-3-10-23)25-18-13-20-7-4-5-8-22(20)19-25)21-14-16-24(17-15-21)33-30(36)26-11-6-12-27(34(38)39)28(26)31(33)37/h1-19H. The number of nitrogens with zero attached hydrogens (tertiary/aromatic N) is 3. The number of rotatable bonds is 5. The zero-order valence-electron chi connectivity index (χ0n) is 20.4. The van der Waals surface area contributed by atoms with Gasteiger partial charge in [-0.25, -0.2) is 4.90 Å². The number of amides is 3. The van der Waals surface area contributed by atoms with E-state index in [-0.39, 0.29) is 22.7 Å². The Kier molecular flexibility index (Phi) is 5.69. The first kappa shape index (κ1) is 23.7. The number of para-hydroxylation sites is 1. The number of anilines is 3. The van der Waals surface area contributed by atoms with Crippen molar-refractivity contribution in [1.29, 1.82) is 0 Å². The number of hydrogen-bond donors (Lipinski definition) is 0. The second kappa shape index (κ2) is 9.35. The van der Waals surface area contributed by atoms with Crippen molar-refractivity contribution in [2.75, 3.05) is 9.80 Å². The van der Waals surface area contributed by atoms with Crippen LogP contribution in [-0.4, -0.2) is 22.6 Å². The second-order valence-corrected chi connectivity index (χ2v) is 8.96. The monoisotopic (exact) mass is 513 g/mol. The van der Waals surface area contributed by atoms with Crippen LogP contribution in [0.15, 0.2) is 115 Å². The molecule has 0 unspecified atom stereocenters. The molecule has 8 heteroatoms. The van der Waals surface area contributed by atoms with Gasteiger partial charge in [0.1, 0.15) is 5.56 Å². The number of nitro benzene ring substituents is 1. The number of nitro groups is 1. The third kappa shape index (κ3) is 4.00. The third-order valence-electron chi connectivity index (χ3n) is 6.67. The molecule has 0 N–H and O–H groups in total. The molecule has 0 saturated heterocycles. The minimum atomic E-state index is -0.775. The summed E-state index contributed by atoms with van der Waals surface area (Å²) in [5.74, 6) is -1.73. The lowest BCUT2D eigenvalue weighted by Gasteiger charge is -2.24. The van der Waals surface area contributed by atoms with Crippen molar-refractivity contribution in [3.05, 3.63) is 142 Å². The highest BCUT2D eigenvalue weighted by Crippen LogP contribution is 2.35. The van der Waals surface area contributed by atoms with Crippen LogP contribution in [-0.2, 0) is 0 Å². The highest BCUT2D eigenvalue weighted by Gasteiger charge is 2.41. The van der Waals surface area contributed by atoms with Crippen molar-refractivity contribution in [1.82, 2.24) is 0 Å². The molecule has 0 radical (unpaired) electrons. The van der Waals surface area contributed by atoms with Gasteiger partial charge >= 0.3 is 0 Å². The Labute approximate surface area is 222 Å². The molecule has 0 saturated carbocycles. The predicted molar refractivity (Wildman–Crippen MR) is 148 cm³/mol. The largest absolute Gasteiger partial charge is 0.283 e. The average Bonchev–Trinajstić information content (AvgIpc) is 3.23. The summed E-state index contributed by atoms with van der Waals surface area (Å²) in [5, 5.41) is 13.5. The van der Waals surface area contributed by atoms with Crippen molar-refractivity contribution in [2.45, 2.75) is 0 Å². The van der Waals surface area contributed by atoms with Crippen molar-refractivity contribution in [3.63, 3.8) is 0 Å². The van der Waals surface area contributed by atoms with Gasteiger partial charge in [0.2, 0.25) is 0 Å². The maximum atomic E-state index is 13.8. The van der Waals surface area contributed by atoms with Crippen LogP contribution in [0.3, 0.4) is 0 Å². The molecule has 39 heavy (non-hydrogen) atoms. The molecule has 1 aliphatic heterocycles. The van der Waals surface area contributed by atoms with Crippen LogP contribution in [0.5, 0.6) is 0 Å². The zero-order chi connectivity index (χ0) is 27.1. The summed E-state index contributed by atoms with van der Waals surface area (Å²) in [6.45, 7) is 0. The lowest BCUT2D eigenvalue weighted by atomic mass is 10.1. The molecule has 0 spiro atoms. The van der Waals surface area contributed by atoms with Crippen molar-refractivity contribution in [2.24, 2.45) is 0 Å². The Hall–Kier alpha value is -5.63. The molecule has 0 bridgehead atoms. The van der Waals surface area contributed by atoms with Gasteiger partial charge < -0.3 is 0 Å². The number of benzene rings is 5. The van der Waals surface area contributed by atoms with E-state index in [0.717, 1.165) is 15.7 Å². The summed E-state index contributed by atoms with van der Waals surface area (Å²) >= 11 is 0. The van der Waals surface area contributed by atoms with Crippen molar-refractivity contribution in [3.8, 4) is 0 Å². The van der Waals surface area contributed by atoms with Crippen molar-refractivity contribution < 1.29 is 19.3 Å². The molecular weight excluding hydrogens is 494 g/mol. The molecule has 0 atom stereocenters. The van der Waals surface area contributed by atoms with E-state index in [2.05, 4.69) is 0 Å². The summed E-state index contributed by atoms with van der Waals surface area (Å²) in [6.07, 6.45) is 0. The molecule has 6 rings (SSSR count). The summed E-state index contributed by atoms with van der Waals surface area (Å²) in [7, 11) is 0. The SMILES string of the molecule is O=C1c2cccc([N+](=O)[O-])c2C(=O)N1c1ccc(C(=O)N(c2ccccc2)c2ccc3ccccc3c2)cc1. The van der Waals surface area contributed by atoms with Crippen LogP contribution in [0.2, 0.25) is 0 Å². The van der Waals surface area contributed by atoms with Gasteiger partial charge in [0.25, 0.3) is 23.4 Å². The van der Waals surface area contributed by atoms with Gasteiger partial charge in [-0.1, -0.05) is 54.6 Å². The molecule has 0 fully saturated rings. The fourth-order valence-corrected chi connectivity index (χ4v) is 4.81. The molecule has 0 aromatic heterocycles. The lowest BCUT2D eigenvalue weighted by molar-refractivity contribution is -0.385. The van der Waals surface area contributed by atoms with Gasteiger partial charge in [-0.05, 0) is 65.4 Å². The van der Waals surface area contributed by atoms with Gasteiger partial charge in [-0.3, -0.25) is 29.4 Å². The van der Waals surface area contributed by atoms with Gasteiger partial charge in [0.05, 0.1) is 16.2 Å². The van der Waals surface area contributed by atoms with Crippen LogP contribution in [0.1, 0.15) is 31.1 Å². The van der Waals surface area contributed by atoms with Gasteiger partial charge in [-0.2, -0.15) is 0 Å². The van der Waals surface area contributed by atoms with Crippen LogP contribution >= 0.6 is 0 Å². The Balaban J connectivity index is 1.36. The van der Waals surface area contributed by atoms with Gasteiger partial charge in [0, 0.05) is 23.0 Å². The fraction of sp³-hybridized carbons (Fsp3) is 0. The first-order valence-electron chi connectivity index (χ1n) is 12.1. The zero-order valence-corrected chi connectivity index (χ0v) is 20.4. The van der Waals surface area contributed by atoms with Crippen LogP contribution in [0.25, 0.3) is 10.8 Å². The van der Waals surface area contributed by atoms with Gasteiger partial charge in [0.15, 0.2) is 0 Å². The number of imide groups is 1. The van der Waals surface area contributed by atoms with Crippen LogP contribution < -0.4 is 9.80 Å². The maximum absolute atomic E-state index is 13.8. The van der Waals surface area contributed by atoms with E-state index in [1.165, 1.54) is 42.5 Å². The molecule has 0 aliphatic carbocycles. The first-order chi connectivity index (χ1) is 18.9.